The van der Waals surface area contributed by atoms with Gasteiger partial charge in [-0.05, 0) is 131 Å². The van der Waals surface area contributed by atoms with Gasteiger partial charge in [-0.3, -0.25) is 67.3 Å². The van der Waals surface area contributed by atoms with Gasteiger partial charge >= 0.3 is 0 Å². The molecule has 2 saturated heterocycles. The molecule has 586 valence electrons. The molecule has 0 bridgehead atoms. The van der Waals surface area contributed by atoms with E-state index in [-0.39, 0.29) is 95.3 Å². The van der Waals surface area contributed by atoms with E-state index in [1.54, 1.807) is 73.1 Å². The minimum absolute atomic E-state index is 0.0342. The number of amides is 13. The second-order valence-electron chi connectivity index (χ2n) is 28.7. The Balaban J connectivity index is 1.15. The lowest BCUT2D eigenvalue weighted by Gasteiger charge is -2.32. The van der Waals surface area contributed by atoms with Crippen LogP contribution in [0.1, 0.15) is 141 Å². The van der Waals surface area contributed by atoms with Gasteiger partial charge in [-0.1, -0.05) is 94.4 Å². The second-order valence-corrected chi connectivity index (χ2v) is 28.7. The molecule has 2 fully saturated rings. The average Bonchev–Trinajstić information content (AvgIpc) is 1.62. The Morgan fingerprint density at radius 3 is 1.36 bits per heavy atom. The van der Waals surface area contributed by atoms with Gasteiger partial charge < -0.3 is 102 Å². The van der Waals surface area contributed by atoms with Gasteiger partial charge in [-0.2, -0.15) is 0 Å². The summed E-state index contributed by atoms with van der Waals surface area (Å²) in [5.74, 6) is -10.6. The molecule has 7 rings (SSSR count). The number of rotatable bonds is 43. The molecule has 0 unspecified atom stereocenters. The van der Waals surface area contributed by atoms with Gasteiger partial charge in [0.05, 0.1) is 6.04 Å². The van der Waals surface area contributed by atoms with Crippen molar-refractivity contribution in [2.24, 2.45) is 57.0 Å². The molecule has 0 radical (unpaired) electrons. The zero-order valence-electron chi connectivity index (χ0n) is 61.9. The number of carbonyl (C=O) groups excluding carboxylic acids is 13. The fourth-order valence-electron chi connectivity index (χ4n) is 13.6. The molecular formula is C75H108N20O13. The number of nitrogens with two attached hydrogens (primary N) is 7. The standard InChI is InChI=1S/C75H108N20O13/c1-42(2)35-55(64(80)98)89-67(101)56(36-43(3)4)90-69(103)59(39-46-41-85-51-23-11-9-20-48(46)51)93-68(102)57(37-44-17-6-5-7-18-44)91-70(104)58(38-45-40-84-50-22-10-8-19-47(45)50)92-66(100)52(27-29-62(78)96)86-65(99)53(28-30-63(79)97)87-71(105)61-26-16-34-95(61)74(108)54(24-12-13-31-76)88-72(106)60-25-15-33-94(60)73(107)49(77)21-14-32-83-75(81)82/h5-11,17-20,22-23,40-43,49,52-61,84-85H,12-16,21,24-39,76-77H2,1-4H3,(H2,78,96)(H2,79,97)(H2,80,98)(H,86,99)(H,87,105)(H,88,106)(H,89,101)(H,90,103)(H,91,104)(H,92,100)(H,93,102)(H4,81,82,83)/t49-,52+,53-,54-,55+,56+,57+,58-,59-,60-,61+/m1/s1. The number of aromatic nitrogens is 2. The predicted octanol–water partition coefficient (Wildman–Crippen LogP) is -0.844. The molecule has 108 heavy (non-hydrogen) atoms. The van der Waals surface area contributed by atoms with E-state index >= 15 is 14.4 Å². The Labute approximate surface area is 627 Å². The predicted molar refractivity (Wildman–Crippen MR) is 405 cm³/mol. The van der Waals surface area contributed by atoms with Crippen molar-refractivity contribution in [1.82, 2.24) is 62.3 Å². The summed E-state index contributed by atoms with van der Waals surface area (Å²) in [4.78, 5) is 197. The van der Waals surface area contributed by atoms with E-state index in [2.05, 4.69) is 57.5 Å². The number of fused-ring (bicyclic) bond motifs is 2. The zero-order chi connectivity index (χ0) is 78.7. The molecule has 24 N–H and O–H groups in total. The molecule has 5 aromatic rings. The molecule has 2 aliphatic rings. The van der Waals surface area contributed by atoms with Crippen molar-refractivity contribution in [3.63, 3.8) is 0 Å². The highest BCUT2D eigenvalue weighted by molar-refractivity contribution is 6.00. The van der Waals surface area contributed by atoms with Gasteiger partial charge in [0, 0.05) is 85.9 Å². The monoisotopic (exact) mass is 1500 g/mol. The summed E-state index contributed by atoms with van der Waals surface area (Å²) in [6, 6.07) is 8.67. The highest BCUT2D eigenvalue weighted by atomic mass is 16.2. The van der Waals surface area contributed by atoms with Crippen LogP contribution < -0.4 is 82.7 Å². The van der Waals surface area contributed by atoms with Crippen LogP contribution in [0, 0.1) is 11.8 Å². The molecule has 13 amide bonds. The summed E-state index contributed by atoms with van der Waals surface area (Å²) in [7, 11) is 0. The number of carbonyl (C=O) groups is 13. The Morgan fingerprint density at radius 1 is 0.463 bits per heavy atom. The largest absolute Gasteiger partial charge is 0.370 e. The molecule has 4 heterocycles. The first-order chi connectivity index (χ1) is 51.5. The van der Waals surface area contributed by atoms with E-state index in [0.29, 0.717) is 66.1 Å². The minimum atomic E-state index is -1.69. The van der Waals surface area contributed by atoms with Gasteiger partial charge in [0.1, 0.15) is 60.4 Å². The normalized spacial score (nSPS) is 16.7. The maximum Gasteiger partial charge on any atom is 0.245 e. The number of nitrogens with zero attached hydrogens (tertiary/aromatic N) is 3. The van der Waals surface area contributed by atoms with Crippen LogP contribution in [0.2, 0.25) is 0 Å². The lowest BCUT2D eigenvalue weighted by Crippen LogP contribution is -2.61. The highest BCUT2D eigenvalue weighted by Gasteiger charge is 2.43. The van der Waals surface area contributed by atoms with Crippen LogP contribution in [-0.4, -0.2) is 195 Å². The summed E-state index contributed by atoms with van der Waals surface area (Å²) in [5, 5.41) is 23.5. The topological polar surface area (TPSA) is 551 Å². The van der Waals surface area contributed by atoms with Crippen LogP contribution in [0.25, 0.3) is 21.8 Å². The molecule has 33 nitrogen and oxygen atoms in total. The van der Waals surface area contributed by atoms with Gasteiger partial charge in [-0.15, -0.1) is 0 Å². The maximum atomic E-state index is 15.4. The Hall–Kier alpha value is -11.0. The third kappa shape index (κ3) is 25.1. The molecular weight excluding hydrogens is 1390 g/mol. The summed E-state index contributed by atoms with van der Waals surface area (Å²) in [5.41, 5.74) is 43.1. The van der Waals surface area contributed by atoms with Crippen LogP contribution in [-0.2, 0) is 81.6 Å². The molecule has 33 heteroatoms. The first-order valence-electron chi connectivity index (χ1n) is 37.1. The van der Waals surface area contributed by atoms with Crippen LogP contribution in [0.15, 0.2) is 96.2 Å². The van der Waals surface area contributed by atoms with Crippen LogP contribution in [0.3, 0.4) is 0 Å². The molecule has 2 aliphatic heterocycles. The number of nitrogens with one attached hydrogen (secondary N) is 10. The van der Waals surface area contributed by atoms with Crippen molar-refractivity contribution in [2.45, 2.75) is 210 Å². The van der Waals surface area contributed by atoms with Gasteiger partial charge in [0.2, 0.25) is 76.8 Å². The van der Waals surface area contributed by atoms with E-state index in [1.807, 2.05) is 45.9 Å². The van der Waals surface area contributed by atoms with Gasteiger partial charge in [0.25, 0.3) is 0 Å². The molecule has 11 atom stereocenters. The fraction of sp³-hybridized carbons (Fsp3) is 0.520. The number of hydrogen-bond donors (Lipinski definition) is 17. The van der Waals surface area contributed by atoms with E-state index in [4.69, 9.17) is 40.1 Å². The summed E-state index contributed by atoms with van der Waals surface area (Å²) in [6.07, 6.45) is 4.13. The molecule has 0 aliphatic carbocycles. The van der Waals surface area contributed by atoms with E-state index < -0.39 is 169 Å². The first-order valence-corrected chi connectivity index (χ1v) is 37.1. The lowest BCUT2D eigenvalue weighted by molar-refractivity contribution is -0.144. The van der Waals surface area contributed by atoms with Crippen molar-refractivity contribution in [3.8, 4) is 0 Å². The van der Waals surface area contributed by atoms with Crippen molar-refractivity contribution >= 4 is 105 Å². The molecule has 3 aromatic carbocycles. The molecule has 0 saturated carbocycles. The van der Waals surface area contributed by atoms with Gasteiger partial charge in [0.15, 0.2) is 5.96 Å². The third-order valence-electron chi connectivity index (χ3n) is 19.2. The summed E-state index contributed by atoms with van der Waals surface area (Å²) in [6.45, 7) is 8.24. The lowest BCUT2D eigenvalue weighted by atomic mass is 9.98. The van der Waals surface area contributed by atoms with Crippen molar-refractivity contribution < 1.29 is 62.3 Å². The third-order valence-corrected chi connectivity index (χ3v) is 19.2. The zero-order valence-corrected chi connectivity index (χ0v) is 61.9. The maximum absolute atomic E-state index is 15.4. The van der Waals surface area contributed by atoms with E-state index in [9.17, 15) is 47.9 Å². The van der Waals surface area contributed by atoms with Crippen LogP contribution >= 0.6 is 0 Å². The Morgan fingerprint density at radius 2 is 0.880 bits per heavy atom. The second kappa shape index (κ2) is 41.2. The number of para-hydroxylation sites is 2. The van der Waals surface area contributed by atoms with E-state index in [0.717, 1.165) is 10.9 Å². The minimum Gasteiger partial charge on any atom is -0.370 e. The Kier molecular flexibility index (Phi) is 32.2. The number of H-pyrrole nitrogens is 2. The van der Waals surface area contributed by atoms with Crippen LogP contribution in [0.4, 0.5) is 0 Å². The van der Waals surface area contributed by atoms with Gasteiger partial charge in [-0.25, -0.2) is 0 Å². The fourth-order valence-corrected chi connectivity index (χ4v) is 13.6. The smallest absolute Gasteiger partial charge is 0.245 e. The summed E-state index contributed by atoms with van der Waals surface area (Å²) >= 11 is 0. The van der Waals surface area contributed by atoms with Crippen molar-refractivity contribution in [1.29, 1.82) is 0 Å². The number of aliphatic imine (C=N–C) groups is 1. The SMILES string of the molecule is CC(C)C[C@H](NC(=O)[C@H](CC(C)C)NC(=O)[C@@H](Cc1c[nH]c2ccccc12)NC(=O)[C@H](Cc1ccccc1)NC(=O)[C@@H](Cc1c[nH]c2ccccc12)NC(=O)[C@H](CCC(N)=O)NC(=O)[C@@H](CCC(N)=O)NC(=O)[C@@H]1CCCN1C(=O)[C@@H](CCCCN)NC(=O)[C@H]1CCCN1C(=O)[C@H](N)CCCN=C(N)N)C(N)=O. The van der Waals surface area contributed by atoms with Crippen molar-refractivity contribution in [2.75, 3.05) is 26.2 Å². The number of likely N-dealkylation sites (tertiary alicyclic amines) is 2. The highest BCUT2D eigenvalue weighted by Crippen LogP contribution is 2.26. The number of unbranched alkanes of at least 4 members (excludes halogenated alkanes) is 1. The Bertz CT molecular complexity index is 3990. The average molecular weight is 1500 g/mol. The van der Waals surface area contributed by atoms with E-state index in [1.165, 1.54) is 9.80 Å². The number of benzene rings is 3. The number of guanidine groups is 1. The number of primary amides is 3. The molecule has 2 aromatic heterocycles. The quantitative estimate of drug-likeness (QED) is 0.0128. The molecule has 0 spiro atoms. The van der Waals surface area contributed by atoms with Crippen molar-refractivity contribution in [3.05, 3.63) is 108 Å². The van der Waals surface area contributed by atoms with Crippen LogP contribution in [0.5, 0.6) is 0 Å². The number of hydrogen-bond acceptors (Lipinski definition) is 16. The number of aromatic amines is 2. The first kappa shape index (κ1) is 84.3. The summed E-state index contributed by atoms with van der Waals surface area (Å²) < 4.78 is 0.